The van der Waals surface area contributed by atoms with Gasteiger partial charge in [-0.25, -0.2) is 0 Å². The first-order valence-electron chi connectivity index (χ1n) is 6.59. The third-order valence-corrected chi connectivity index (χ3v) is 3.57. The Hall–Kier alpha value is -1.86. The highest BCUT2D eigenvalue weighted by molar-refractivity contribution is 5.70. The van der Waals surface area contributed by atoms with E-state index in [1.807, 2.05) is 24.3 Å². The highest BCUT2D eigenvalue weighted by Gasteiger charge is 2.25. The second kappa shape index (κ2) is 6.35. The number of hydrogen-bond acceptors (Lipinski definition) is 3. The van der Waals surface area contributed by atoms with Gasteiger partial charge in [-0.3, -0.25) is 9.69 Å². The van der Waals surface area contributed by atoms with Crippen LogP contribution in [0.25, 0.3) is 0 Å². The molecule has 19 heavy (non-hydrogen) atoms. The molecule has 0 amide bonds. The molecule has 1 heterocycles. The maximum atomic E-state index is 11.0. The zero-order chi connectivity index (χ0) is 13.7. The van der Waals surface area contributed by atoms with E-state index in [2.05, 4.69) is 11.0 Å². The van der Waals surface area contributed by atoms with E-state index in [4.69, 9.17) is 10.4 Å². The first-order valence-corrected chi connectivity index (χ1v) is 6.59. The summed E-state index contributed by atoms with van der Waals surface area (Å²) in [6, 6.07) is 10.1. The number of piperidine rings is 1. The number of nitrogens with zero attached hydrogens (tertiary/aromatic N) is 2. The minimum absolute atomic E-state index is 0.230. The molecule has 1 atom stereocenters. The van der Waals surface area contributed by atoms with Crippen molar-refractivity contribution in [2.24, 2.45) is 5.92 Å². The Morgan fingerprint density at radius 3 is 2.68 bits per heavy atom. The molecule has 0 aliphatic carbocycles. The van der Waals surface area contributed by atoms with Crippen LogP contribution in [-0.2, 0) is 17.8 Å². The summed E-state index contributed by atoms with van der Waals surface area (Å²) in [7, 11) is 0. The summed E-state index contributed by atoms with van der Waals surface area (Å²) in [6.07, 6.45) is 2.17. The molecule has 0 spiro atoms. The number of rotatable bonds is 4. The number of aliphatic carboxylic acids is 1. The van der Waals surface area contributed by atoms with E-state index in [1.165, 1.54) is 5.56 Å². The molecule has 1 unspecified atom stereocenters. The van der Waals surface area contributed by atoms with E-state index in [-0.39, 0.29) is 5.92 Å². The largest absolute Gasteiger partial charge is 0.481 e. The van der Waals surface area contributed by atoms with Crippen molar-refractivity contribution in [1.82, 2.24) is 4.90 Å². The van der Waals surface area contributed by atoms with Crippen LogP contribution in [0.4, 0.5) is 0 Å². The number of nitriles is 1. The Labute approximate surface area is 113 Å². The smallest absolute Gasteiger partial charge is 0.307 e. The van der Waals surface area contributed by atoms with Crippen molar-refractivity contribution in [2.75, 3.05) is 13.1 Å². The van der Waals surface area contributed by atoms with Crippen molar-refractivity contribution in [3.8, 4) is 6.07 Å². The first kappa shape index (κ1) is 13.6. The SMILES string of the molecule is N#CCc1ccc(CN2CCCC(C(=O)O)C2)cc1. The van der Waals surface area contributed by atoms with E-state index in [9.17, 15) is 4.79 Å². The normalized spacial score (nSPS) is 19.8. The van der Waals surface area contributed by atoms with E-state index in [1.54, 1.807) is 0 Å². The minimum atomic E-state index is -0.686. The molecule has 2 rings (SSSR count). The molecule has 0 saturated carbocycles. The van der Waals surface area contributed by atoms with Gasteiger partial charge in [0.15, 0.2) is 0 Å². The van der Waals surface area contributed by atoms with E-state index >= 15 is 0 Å². The van der Waals surface area contributed by atoms with Gasteiger partial charge in [0.25, 0.3) is 0 Å². The molecular weight excluding hydrogens is 240 g/mol. The molecule has 100 valence electrons. The van der Waals surface area contributed by atoms with Gasteiger partial charge in [-0.15, -0.1) is 0 Å². The molecule has 0 bridgehead atoms. The second-order valence-electron chi connectivity index (χ2n) is 5.06. The van der Waals surface area contributed by atoms with E-state index in [0.717, 1.165) is 31.5 Å². The van der Waals surface area contributed by atoms with Crippen molar-refractivity contribution in [2.45, 2.75) is 25.8 Å². The van der Waals surface area contributed by atoms with Crippen LogP contribution < -0.4 is 0 Å². The molecule has 1 N–H and O–H groups in total. The van der Waals surface area contributed by atoms with Gasteiger partial charge < -0.3 is 5.11 Å². The monoisotopic (exact) mass is 258 g/mol. The van der Waals surface area contributed by atoms with Gasteiger partial charge in [0.2, 0.25) is 0 Å². The summed E-state index contributed by atoms with van der Waals surface area (Å²) in [6.45, 7) is 2.38. The second-order valence-corrected chi connectivity index (χ2v) is 5.06. The lowest BCUT2D eigenvalue weighted by Gasteiger charge is -2.30. The Balaban J connectivity index is 1.93. The zero-order valence-corrected chi connectivity index (χ0v) is 10.9. The fraction of sp³-hybridized carbons (Fsp3) is 0.467. The van der Waals surface area contributed by atoms with Crippen LogP contribution in [0, 0.1) is 17.2 Å². The molecule has 4 nitrogen and oxygen atoms in total. The molecule has 1 aromatic rings. The summed E-state index contributed by atoms with van der Waals surface area (Å²) in [5.74, 6) is -0.916. The molecule has 1 aromatic carbocycles. The fourth-order valence-electron chi connectivity index (χ4n) is 2.51. The quantitative estimate of drug-likeness (QED) is 0.897. The van der Waals surface area contributed by atoms with Crippen LogP contribution in [0.1, 0.15) is 24.0 Å². The highest BCUT2D eigenvalue weighted by Crippen LogP contribution is 2.19. The molecule has 1 aliphatic heterocycles. The zero-order valence-electron chi connectivity index (χ0n) is 10.9. The van der Waals surface area contributed by atoms with Crippen LogP contribution in [0.15, 0.2) is 24.3 Å². The van der Waals surface area contributed by atoms with Gasteiger partial charge in [0, 0.05) is 13.1 Å². The fourth-order valence-corrected chi connectivity index (χ4v) is 2.51. The van der Waals surface area contributed by atoms with Crippen LogP contribution in [0.2, 0.25) is 0 Å². The lowest BCUT2D eigenvalue weighted by molar-refractivity contribution is -0.143. The summed E-state index contributed by atoms with van der Waals surface area (Å²) >= 11 is 0. The lowest BCUT2D eigenvalue weighted by atomic mass is 9.98. The van der Waals surface area contributed by atoms with Crippen LogP contribution in [0.3, 0.4) is 0 Å². The average molecular weight is 258 g/mol. The van der Waals surface area contributed by atoms with Crippen molar-refractivity contribution < 1.29 is 9.90 Å². The van der Waals surface area contributed by atoms with Gasteiger partial charge in [-0.05, 0) is 30.5 Å². The molecule has 0 aromatic heterocycles. The van der Waals surface area contributed by atoms with Gasteiger partial charge >= 0.3 is 5.97 Å². The van der Waals surface area contributed by atoms with Crippen molar-refractivity contribution >= 4 is 5.97 Å². The molecule has 1 saturated heterocycles. The first-order chi connectivity index (χ1) is 9.19. The van der Waals surface area contributed by atoms with Crippen molar-refractivity contribution in [3.63, 3.8) is 0 Å². The van der Waals surface area contributed by atoms with Crippen LogP contribution in [0.5, 0.6) is 0 Å². The summed E-state index contributed by atoms with van der Waals surface area (Å²) in [4.78, 5) is 13.2. The Morgan fingerprint density at radius 2 is 2.05 bits per heavy atom. The topological polar surface area (TPSA) is 64.3 Å². The number of carboxylic acids is 1. The van der Waals surface area contributed by atoms with Gasteiger partial charge in [0.1, 0.15) is 0 Å². The van der Waals surface area contributed by atoms with E-state index in [0.29, 0.717) is 13.0 Å². The molecular formula is C15H18N2O2. The summed E-state index contributed by atoms with van der Waals surface area (Å²) in [5.41, 5.74) is 2.20. The number of likely N-dealkylation sites (tertiary alicyclic amines) is 1. The van der Waals surface area contributed by atoms with Crippen LogP contribution in [-0.4, -0.2) is 29.1 Å². The highest BCUT2D eigenvalue weighted by atomic mass is 16.4. The van der Waals surface area contributed by atoms with E-state index < -0.39 is 5.97 Å². The third kappa shape index (κ3) is 3.80. The Morgan fingerprint density at radius 1 is 1.37 bits per heavy atom. The summed E-state index contributed by atoms with van der Waals surface area (Å²) in [5, 5.41) is 17.7. The Bertz CT molecular complexity index is 476. The number of benzene rings is 1. The van der Waals surface area contributed by atoms with Gasteiger partial charge in [-0.1, -0.05) is 24.3 Å². The summed E-state index contributed by atoms with van der Waals surface area (Å²) < 4.78 is 0. The van der Waals surface area contributed by atoms with Gasteiger partial charge in [0.05, 0.1) is 18.4 Å². The number of carbonyl (C=O) groups is 1. The van der Waals surface area contributed by atoms with Crippen molar-refractivity contribution in [1.29, 1.82) is 5.26 Å². The third-order valence-electron chi connectivity index (χ3n) is 3.57. The van der Waals surface area contributed by atoms with Crippen molar-refractivity contribution in [3.05, 3.63) is 35.4 Å². The Kier molecular flexibility index (Phi) is 4.53. The van der Waals surface area contributed by atoms with Gasteiger partial charge in [-0.2, -0.15) is 5.26 Å². The molecule has 1 aliphatic rings. The number of hydrogen-bond donors (Lipinski definition) is 1. The average Bonchev–Trinajstić information content (AvgIpc) is 2.42. The predicted octanol–water partition coefficient (Wildman–Crippen LogP) is 2.05. The number of carboxylic acid groups (broad SMARTS) is 1. The maximum Gasteiger partial charge on any atom is 0.307 e. The van der Waals surface area contributed by atoms with Crippen LogP contribution >= 0.6 is 0 Å². The minimum Gasteiger partial charge on any atom is -0.481 e. The standard InChI is InChI=1S/C15H18N2O2/c16-8-7-12-3-5-13(6-4-12)10-17-9-1-2-14(11-17)15(18)19/h3-6,14H,1-2,7,9-11H2,(H,18,19). The predicted molar refractivity (Wildman–Crippen MR) is 71.4 cm³/mol. The molecule has 4 heteroatoms. The lowest BCUT2D eigenvalue weighted by Crippen LogP contribution is -2.38. The maximum absolute atomic E-state index is 11.0. The molecule has 0 radical (unpaired) electrons. The molecule has 1 fully saturated rings.